The van der Waals surface area contributed by atoms with E-state index in [1.165, 1.54) is 0 Å². The fraction of sp³-hybridized carbons (Fsp3) is 0.389. The highest BCUT2D eigenvalue weighted by Gasteiger charge is 2.22. The Hall–Kier alpha value is -2.19. The van der Waals surface area contributed by atoms with E-state index in [-0.39, 0.29) is 0 Å². The molecule has 1 fully saturated rings. The molecule has 136 valence electrons. The number of nitrogens with zero attached hydrogens (tertiary/aromatic N) is 4. The molecule has 0 unspecified atom stereocenters. The van der Waals surface area contributed by atoms with Gasteiger partial charge in [-0.3, -0.25) is 0 Å². The second-order valence-corrected chi connectivity index (χ2v) is 7.34. The summed E-state index contributed by atoms with van der Waals surface area (Å²) in [7, 11) is 1.65. The maximum atomic E-state index is 5.81. The van der Waals surface area contributed by atoms with Crippen LogP contribution in [0.3, 0.4) is 0 Å². The minimum Gasteiger partial charge on any atom is -0.496 e. The zero-order valence-corrected chi connectivity index (χ0v) is 16.2. The quantitative estimate of drug-likeness (QED) is 0.678. The zero-order chi connectivity index (χ0) is 18.1. The van der Waals surface area contributed by atoms with Crippen LogP contribution in [0.4, 0.5) is 5.95 Å². The second-order valence-electron chi connectivity index (χ2n) is 6.49. The highest BCUT2D eigenvalue weighted by molar-refractivity contribution is 9.10. The Morgan fingerprint density at radius 1 is 1.31 bits per heavy atom. The molecular formula is C18H21BrN6O. The number of aromatic amines is 1. The molecule has 26 heavy (non-hydrogen) atoms. The van der Waals surface area contributed by atoms with Gasteiger partial charge in [0.25, 0.3) is 0 Å². The SMILES string of the molecule is COc1ccc(-c2nc(N3CCC(CN)CC3)nc3[nH]cnc23)cc1Br. The molecule has 8 heteroatoms. The van der Waals surface area contributed by atoms with Crippen molar-refractivity contribution in [2.75, 3.05) is 31.6 Å². The van der Waals surface area contributed by atoms with Gasteiger partial charge in [-0.15, -0.1) is 0 Å². The normalized spacial score (nSPS) is 15.6. The lowest BCUT2D eigenvalue weighted by Gasteiger charge is -2.31. The fourth-order valence-electron chi connectivity index (χ4n) is 3.35. The van der Waals surface area contributed by atoms with E-state index < -0.39 is 0 Å². The van der Waals surface area contributed by atoms with Crippen LogP contribution in [0.2, 0.25) is 0 Å². The molecule has 1 saturated heterocycles. The van der Waals surface area contributed by atoms with Crippen LogP contribution < -0.4 is 15.4 Å². The van der Waals surface area contributed by atoms with Gasteiger partial charge in [0.05, 0.1) is 17.9 Å². The van der Waals surface area contributed by atoms with Gasteiger partial charge in [0.15, 0.2) is 5.65 Å². The van der Waals surface area contributed by atoms with Gasteiger partial charge >= 0.3 is 0 Å². The van der Waals surface area contributed by atoms with E-state index >= 15 is 0 Å². The minimum atomic E-state index is 0.596. The lowest BCUT2D eigenvalue weighted by atomic mass is 9.97. The molecule has 0 radical (unpaired) electrons. The van der Waals surface area contributed by atoms with Crippen molar-refractivity contribution in [3.63, 3.8) is 0 Å². The number of rotatable bonds is 4. The van der Waals surface area contributed by atoms with Crippen molar-refractivity contribution in [3.8, 4) is 17.0 Å². The van der Waals surface area contributed by atoms with Crippen molar-refractivity contribution in [1.82, 2.24) is 19.9 Å². The molecule has 4 rings (SSSR count). The van der Waals surface area contributed by atoms with Crippen molar-refractivity contribution in [2.24, 2.45) is 11.7 Å². The topological polar surface area (TPSA) is 93.0 Å². The number of benzene rings is 1. The largest absolute Gasteiger partial charge is 0.496 e. The van der Waals surface area contributed by atoms with Crippen LogP contribution in [0, 0.1) is 5.92 Å². The Morgan fingerprint density at radius 2 is 2.12 bits per heavy atom. The average molecular weight is 417 g/mol. The number of H-pyrrole nitrogens is 1. The predicted molar refractivity (Wildman–Crippen MR) is 105 cm³/mol. The van der Waals surface area contributed by atoms with Crippen molar-refractivity contribution in [3.05, 3.63) is 29.0 Å². The molecular weight excluding hydrogens is 396 g/mol. The second kappa shape index (κ2) is 7.20. The third kappa shape index (κ3) is 3.14. The first-order chi connectivity index (χ1) is 12.7. The summed E-state index contributed by atoms with van der Waals surface area (Å²) in [5, 5.41) is 0. The van der Waals surface area contributed by atoms with Crippen molar-refractivity contribution in [1.29, 1.82) is 0 Å². The highest BCUT2D eigenvalue weighted by Crippen LogP contribution is 2.33. The lowest BCUT2D eigenvalue weighted by Crippen LogP contribution is -2.37. The number of ether oxygens (including phenoxy) is 1. The summed E-state index contributed by atoms with van der Waals surface area (Å²) in [5.41, 5.74) is 9.11. The number of hydrogen-bond donors (Lipinski definition) is 2. The first-order valence-electron chi connectivity index (χ1n) is 8.69. The Morgan fingerprint density at radius 3 is 2.81 bits per heavy atom. The van der Waals surface area contributed by atoms with Gasteiger partial charge in [0, 0.05) is 18.7 Å². The molecule has 0 amide bonds. The summed E-state index contributed by atoms with van der Waals surface area (Å²) >= 11 is 3.55. The van der Waals surface area contributed by atoms with Crippen LogP contribution in [0.5, 0.6) is 5.75 Å². The van der Waals surface area contributed by atoms with Gasteiger partial charge < -0.3 is 20.4 Å². The molecule has 2 aromatic heterocycles. The standard InChI is InChI=1S/C18H21BrN6O/c1-26-14-3-2-12(8-13(14)19)15-16-17(22-10-21-16)24-18(23-15)25-6-4-11(9-20)5-7-25/h2-3,8,10-11H,4-7,9,20H2,1H3,(H,21,22,23,24). The molecule has 0 saturated carbocycles. The smallest absolute Gasteiger partial charge is 0.228 e. The first-order valence-corrected chi connectivity index (χ1v) is 9.49. The van der Waals surface area contributed by atoms with Crippen molar-refractivity contribution in [2.45, 2.75) is 12.8 Å². The molecule has 0 spiro atoms. The molecule has 3 aromatic rings. The van der Waals surface area contributed by atoms with Crippen molar-refractivity contribution < 1.29 is 4.74 Å². The molecule has 7 nitrogen and oxygen atoms in total. The van der Waals surface area contributed by atoms with Crippen molar-refractivity contribution >= 4 is 33.0 Å². The first kappa shape index (κ1) is 17.2. The number of nitrogens with one attached hydrogen (secondary N) is 1. The number of anilines is 1. The molecule has 1 aromatic carbocycles. The van der Waals surface area contributed by atoms with Crippen LogP contribution in [-0.2, 0) is 0 Å². The summed E-state index contributed by atoms with van der Waals surface area (Å²) in [6.45, 7) is 2.60. The van der Waals surface area contributed by atoms with Gasteiger partial charge in [-0.25, -0.2) is 9.97 Å². The molecule has 1 aliphatic rings. The molecule has 3 heterocycles. The Kier molecular flexibility index (Phi) is 4.78. The van der Waals surface area contributed by atoms with E-state index in [0.29, 0.717) is 5.92 Å². The molecule has 0 aliphatic carbocycles. The van der Waals surface area contributed by atoms with Gasteiger partial charge in [-0.2, -0.15) is 4.98 Å². The van der Waals surface area contributed by atoms with E-state index in [1.54, 1.807) is 13.4 Å². The summed E-state index contributed by atoms with van der Waals surface area (Å²) < 4.78 is 6.21. The maximum Gasteiger partial charge on any atom is 0.228 e. The monoisotopic (exact) mass is 416 g/mol. The Balaban J connectivity index is 1.75. The number of hydrogen-bond acceptors (Lipinski definition) is 6. The van der Waals surface area contributed by atoms with Gasteiger partial charge in [-0.1, -0.05) is 0 Å². The van der Waals surface area contributed by atoms with E-state index in [4.69, 9.17) is 15.5 Å². The maximum absolute atomic E-state index is 5.81. The van der Waals surface area contributed by atoms with Gasteiger partial charge in [0.1, 0.15) is 17.0 Å². The van der Waals surface area contributed by atoms with E-state index in [1.807, 2.05) is 18.2 Å². The number of aromatic nitrogens is 4. The average Bonchev–Trinajstić information content (AvgIpc) is 3.16. The minimum absolute atomic E-state index is 0.596. The molecule has 0 atom stereocenters. The number of halogens is 1. The van der Waals surface area contributed by atoms with Crippen LogP contribution in [0.1, 0.15) is 12.8 Å². The van der Waals surface area contributed by atoms with Gasteiger partial charge in [0.2, 0.25) is 5.95 Å². The summed E-state index contributed by atoms with van der Waals surface area (Å²) in [6, 6.07) is 5.91. The Labute approximate surface area is 160 Å². The summed E-state index contributed by atoms with van der Waals surface area (Å²) in [4.78, 5) is 19.3. The van der Waals surface area contributed by atoms with E-state index in [0.717, 1.165) is 71.1 Å². The number of piperidine rings is 1. The van der Waals surface area contributed by atoms with Crippen LogP contribution in [-0.4, -0.2) is 46.7 Å². The fourth-order valence-corrected chi connectivity index (χ4v) is 3.89. The highest BCUT2D eigenvalue weighted by atomic mass is 79.9. The zero-order valence-electron chi connectivity index (χ0n) is 14.6. The number of fused-ring (bicyclic) bond motifs is 1. The van der Waals surface area contributed by atoms with Crippen LogP contribution in [0.25, 0.3) is 22.4 Å². The Bertz CT molecular complexity index is 919. The van der Waals surface area contributed by atoms with E-state index in [9.17, 15) is 0 Å². The predicted octanol–water partition coefficient (Wildman–Crippen LogP) is 2.97. The number of methoxy groups -OCH3 is 1. The summed E-state index contributed by atoms with van der Waals surface area (Å²) in [5.74, 6) is 2.11. The van der Waals surface area contributed by atoms with E-state index in [2.05, 4.69) is 35.8 Å². The number of imidazole rings is 1. The van der Waals surface area contributed by atoms with Crippen LogP contribution in [0.15, 0.2) is 29.0 Å². The van der Waals surface area contributed by atoms with Crippen LogP contribution >= 0.6 is 15.9 Å². The van der Waals surface area contributed by atoms with Gasteiger partial charge in [-0.05, 0) is 59.4 Å². The molecule has 3 N–H and O–H groups in total. The third-order valence-electron chi connectivity index (χ3n) is 4.92. The summed E-state index contributed by atoms with van der Waals surface area (Å²) in [6.07, 6.45) is 3.81. The molecule has 0 bridgehead atoms. The number of nitrogens with two attached hydrogens (primary N) is 1. The lowest BCUT2D eigenvalue weighted by molar-refractivity contribution is 0.411. The molecule has 1 aliphatic heterocycles. The third-order valence-corrected chi connectivity index (χ3v) is 5.54.